The molecule has 108 valence electrons. The SMILES string of the molecule is Cc1c(Cl)cccc1NS(=O)(=O)c1ccc(N)cc1C#N. The van der Waals surface area contributed by atoms with E-state index in [2.05, 4.69) is 4.72 Å². The number of rotatable bonds is 3. The summed E-state index contributed by atoms with van der Waals surface area (Å²) in [5.74, 6) is 0. The molecule has 5 nitrogen and oxygen atoms in total. The van der Waals surface area contributed by atoms with Crippen molar-refractivity contribution in [1.29, 1.82) is 5.26 Å². The topological polar surface area (TPSA) is 96.0 Å². The van der Waals surface area contributed by atoms with Gasteiger partial charge in [-0.3, -0.25) is 4.72 Å². The first-order chi connectivity index (χ1) is 9.85. The standard InChI is InChI=1S/C14H12ClN3O2S/c1-9-12(15)3-2-4-13(9)18-21(19,20)14-6-5-11(17)7-10(14)8-16/h2-7,18H,17H2,1H3. The van der Waals surface area contributed by atoms with Gasteiger partial charge in [0.25, 0.3) is 10.0 Å². The lowest BCUT2D eigenvalue weighted by Gasteiger charge is -2.12. The molecule has 3 N–H and O–H groups in total. The Bertz CT molecular complexity index is 842. The van der Waals surface area contributed by atoms with Crippen molar-refractivity contribution in [1.82, 2.24) is 0 Å². The summed E-state index contributed by atoms with van der Waals surface area (Å²) in [6.45, 7) is 1.70. The molecule has 0 radical (unpaired) electrons. The van der Waals surface area contributed by atoms with Crippen LogP contribution >= 0.6 is 11.6 Å². The summed E-state index contributed by atoms with van der Waals surface area (Å²) in [5.41, 5.74) is 6.84. The van der Waals surface area contributed by atoms with Crippen LogP contribution in [-0.2, 0) is 10.0 Å². The van der Waals surface area contributed by atoms with Gasteiger partial charge in [0.15, 0.2) is 0 Å². The van der Waals surface area contributed by atoms with Gasteiger partial charge in [-0.1, -0.05) is 17.7 Å². The second-order valence-corrected chi connectivity index (χ2v) is 6.44. The fourth-order valence-electron chi connectivity index (χ4n) is 1.79. The number of hydrogen-bond donors (Lipinski definition) is 2. The van der Waals surface area contributed by atoms with Crippen LogP contribution in [0.25, 0.3) is 0 Å². The van der Waals surface area contributed by atoms with Gasteiger partial charge >= 0.3 is 0 Å². The number of nitrogens with two attached hydrogens (primary N) is 1. The Morgan fingerprint density at radius 2 is 2.00 bits per heavy atom. The van der Waals surface area contributed by atoms with Crippen molar-refractivity contribution >= 4 is 33.0 Å². The monoisotopic (exact) mass is 321 g/mol. The lowest BCUT2D eigenvalue weighted by Crippen LogP contribution is -2.15. The van der Waals surface area contributed by atoms with Gasteiger partial charge in [-0.05, 0) is 42.8 Å². The van der Waals surface area contributed by atoms with E-state index in [9.17, 15) is 8.42 Å². The Balaban J connectivity index is 2.49. The Morgan fingerprint density at radius 1 is 1.29 bits per heavy atom. The molecule has 0 heterocycles. The third-order valence-corrected chi connectivity index (χ3v) is 4.76. The molecule has 0 fully saturated rings. The largest absolute Gasteiger partial charge is 0.399 e. The predicted molar refractivity (Wildman–Crippen MR) is 82.6 cm³/mol. The van der Waals surface area contributed by atoms with E-state index in [1.165, 1.54) is 18.2 Å². The van der Waals surface area contributed by atoms with Crippen molar-refractivity contribution in [3.05, 3.63) is 52.5 Å². The minimum absolute atomic E-state index is 0.0119. The Hall–Kier alpha value is -2.23. The maximum atomic E-state index is 12.4. The number of nitriles is 1. The summed E-state index contributed by atoms with van der Waals surface area (Å²) in [7, 11) is -3.90. The van der Waals surface area contributed by atoms with Gasteiger partial charge in [0.05, 0.1) is 11.3 Å². The van der Waals surface area contributed by atoms with Crippen molar-refractivity contribution < 1.29 is 8.42 Å². The average molecular weight is 322 g/mol. The van der Waals surface area contributed by atoms with E-state index < -0.39 is 10.0 Å². The van der Waals surface area contributed by atoms with Crippen molar-refractivity contribution in [2.45, 2.75) is 11.8 Å². The van der Waals surface area contributed by atoms with E-state index in [1.807, 2.05) is 6.07 Å². The second-order valence-electron chi connectivity index (χ2n) is 4.39. The first-order valence-corrected chi connectivity index (χ1v) is 7.79. The molecule has 2 aromatic rings. The van der Waals surface area contributed by atoms with E-state index in [4.69, 9.17) is 22.6 Å². The molecular formula is C14H12ClN3O2S. The van der Waals surface area contributed by atoms with Gasteiger partial charge in [0.2, 0.25) is 0 Å². The van der Waals surface area contributed by atoms with Crippen molar-refractivity contribution in [2.24, 2.45) is 0 Å². The lowest BCUT2D eigenvalue weighted by atomic mass is 10.2. The number of sulfonamides is 1. The van der Waals surface area contributed by atoms with Crippen molar-refractivity contribution in [3.63, 3.8) is 0 Å². The molecule has 0 atom stereocenters. The molecule has 2 aromatic carbocycles. The number of halogens is 1. The summed E-state index contributed by atoms with van der Waals surface area (Å²) in [6.07, 6.45) is 0. The highest BCUT2D eigenvalue weighted by Gasteiger charge is 2.20. The molecule has 0 saturated carbocycles. The Morgan fingerprint density at radius 3 is 2.67 bits per heavy atom. The zero-order chi connectivity index (χ0) is 15.6. The molecule has 0 bridgehead atoms. The number of nitrogens with one attached hydrogen (secondary N) is 1. The first kappa shape index (κ1) is 15.2. The number of benzene rings is 2. The van der Waals surface area contributed by atoms with Gasteiger partial charge in [-0.15, -0.1) is 0 Å². The van der Waals surface area contributed by atoms with Crippen LogP contribution in [0, 0.1) is 18.3 Å². The van der Waals surface area contributed by atoms with Crippen LogP contribution in [-0.4, -0.2) is 8.42 Å². The Labute approximate surface area is 128 Å². The summed E-state index contributed by atoms with van der Waals surface area (Å²) >= 11 is 5.96. The quantitative estimate of drug-likeness (QED) is 0.849. The van der Waals surface area contributed by atoms with Crippen LogP contribution in [0.15, 0.2) is 41.3 Å². The molecule has 0 unspecified atom stereocenters. The number of anilines is 2. The molecule has 0 amide bonds. The van der Waals surface area contributed by atoms with Crippen LogP contribution in [0.5, 0.6) is 0 Å². The third kappa shape index (κ3) is 3.10. The molecule has 0 saturated heterocycles. The fourth-order valence-corrected chi connectivity index (χ4v) is 3.22. The summed E-state index contributed by atoms with van der Waals surface area (Å²) in [5, 5.41) is 9.50. The van der Waals surface area contributed by atoms with Crippen molar-refractivity contribution in [3.8, 4) is 6.07 Å². The molecule has 0 aliphatic carbocycles. The predicted octanol–water partition coefficient (Wildman–Crippen LogP) is 2.90. The average Bonchev–Trinajstić information content (AvgIpc) is 2.43. The smallest absolute Gasteiger partial charge is 0.263 e. The molecule has 7 heteroatoms. The lowest BCUT2D eigenvalue weighted by molar-refractivity contribution is 0.601. The van der Waals surface area contributed by atoms with Gasteiger partial charge in [0, 0.05) is 10.7 Å². The molecule has 0 aliphatic heterocycles. The highest BCUT2D eigenvalue weighted by atomic mass is 35.5. The number of nitrogens with zero attached hydrogens (tertiary/aromatic N) is 1. The maximum Gasteiger partial charge on any atom is 0.263 e. The Kier molecular flexibility index (Phi) is 4.07. The highest BCUT2D eigenvalue weighted by Crippen LogP contribution is 2.26. The normalized spacial score (nSPS) is 10.9. The van der Waals surface area contributed by atoms with Crippen LogP contribution < -0.4 is 10.5 Å². The number of hydrogen-bond acceptors (Lipinski definition) is 4. The zero-order valence-corrected chi connectivity index (χ0v) is 12.7. The highest BCUT2D eigenvalue weighted by molar-refractivity contribution is 7.92. The second kappa shape index (κ2) is 5.64. The van der Waals surface area contributed by atoms with E-state index in [1.54, 1.807) is 25.1 Å². The van der Waals surface area contributed by atoms with Gasteiger partial charge in [0.1, 0.15) is 11.0 Å². The van der Waals surface area contributed by atoms with Gasteiger partial charge in [-0.2, -0.15) is 5.26 Å². The van der Waals surface area contributed by atoms with Crippen LogP contribution in [0.1, 0.15) is 11.1 Å². The summed E-state index contributed by atoms with van der Waals surface area (Å²) in [6, 6.07) is 10.8. The van der Waals surface area contributed by atoms with Gasteiger partial charge in [-0.25, -0.2) is 8.42 Å². The first-order valence-electron chi connectivity index (χ1n) is 5.92. The molecular weight excluding hydrogens is 310 g/mol. The minimum atomic E-state index is -3.90. The minimum Gasteiger partial charge on any atom is -0.399 e. The fraction of sp³-hybridized carbons (Fsp3) is 0.0714. The summed E-state index contributed by atoms with van der Waals surface area (Å²) < 4.78 is 27.3. The zero-order valence-electron chi connectivity index (χ0n) is 11.1. The van der Waals surface area contributed by atoms with Crippen molar-refractivity contribution in [2.75, 3.05) is 10.5 Å². The molecule has 2 rings (SSSR count). The van der Waals surface area contributed by atoms with E-state index in [-0.39, 0.29) is 10.5 Å². The van der Waals surface area contributed by atoms with Crippen LogP contribution in [0.2, 0.25) is 5.02 Å². The van der Waals surface area contributed by atoms with Crippen LogP contribution in [0.3, 0.4) is 0 Å². The van der Waals surface area contributed by atoms with Gasteiger partial charge < -0.3 is 5.73 Å². The van der Waals surface area contributed by atoms with E-state index >= 15 is 0 Å². The van der Waals surface area contributed by atoms with Crippen LogP contribution in [0.4, 0.5) is 11.4 Å². The molecule has 0 aromatic heterocycles. The van der Waals surface area contributed by atoms with E-state index in [0.29, 0.717) is 22.0 Å². The molecule has 21 heavy (non-hydrogen) atoms. The summed E-state index contributed by atoms with van der Waals surface area (Å²) in [4.78, 5) is -0.126. The number of nitrogen functional groups attached to an aromatic ring is 1. The third-order valence-electron chi connectivity index (χ3n) is 2.93. The molecule has 0 spiro atoms. The maximum absolute atomic E-state index is 12.4. The molecule has 0 aliphatic rings. The van der Waals surface area contributed by atoms with E-state index in [0.717, 1.165) is 0 Å².